The summed E-state index contributed by atoms with van der Waals surface area (Å²) < 4.78 is 2.00. The van der Waals surface area contributed by atoms with Gasteiger partial charge in [0.1, 0.15) is 5.82 Å². The van der Waals surface area contributed by atoms with Crippen molar-refractivity contribution < 1.29 is 0 Å². The Balaban J connectivity index is 2.82. The number of pyridine rings is 1. The van der Waals surface area contributed by atoms with E-state index in [9.17, 15) is 0 Å². The standard InChI is InChI=1S/C11H11Br2N3/c1-2-6-5-7-8(12)3-4-9(13)10(7)15-11(6)16-14/h3-5H,2,14H2,1H3,(H,15,16). The number of nitrogens with one attached hydrogen (secondary N) is 1. The molecule has 3 N–H and O–H groups in total. The first-order chi connectivity index (χ1) is 7.67. The minimum absolute atomic E-state index is 0.730. The number of aryl methyl sites for hydroxylation is 1. The highest BCUT2D eigenvalue weighted by atomic mass is 79.9. The van der Waals surface area contributed by atoms with E-state index >= 15 is 0 Å². The van der Waals surface area contributed by atoms with Gasteiger partial charge in [0.2, 0.25) is 0 Å². The molecule has 0 saturated heterocycles. The number of benzene rings is 1. The van der Waals surface area contributed by atoms with Gasteiger partial charge in [-0.25, -0.2) is 10.8 Å². The van der Waals surface area contributed by atoms with Crippen LogP contribution >= 0.6 is 31.9 Å². The van der Waals surface area contributed by atoms with Gasteiger partial charge in [0, 0.05) is 14.3 Å². The van der Waals surface area contributed by atoms with Gasteiger partial charge < -0.3 is 5.43 Å². The number of rotatable bonds is 2. The van der Waals surface area contributed by atoms with Crippen LogP contribution in [0.5, 0.6) is 0 Å². The lowest BCUT2D eigenvalue weighted by Crippen LogP contribution is -2.11. The Hall–Kier alpha value is -0.650. The van der Waals surface area contributed by atoms with Crippen LogP contribution in [0, 0.1) is 0 Å². The monoisotopic (exact) mass is 343 g/mol. The maximum Gasteiger partial charge on any atom is 0.143 e. The second-order valence-corrected chi connectivity index (χ2v) is 5.13. The van der Waals surface area contributed by atoms with Crippen molar-refractivity contribution in [2.75, 3.05) is 5.43 Å². The van der Waals surface area contributed by atoms with Gasteiger partial charge in [0.25, 0.3) is 0 Å². The summed E-state index contributed by atoms with van der Waals surface area (Å²) in [6, 6.07) is 6.07. The minimum Gasteiger partial charge on any atom is -0.308 e. The number of nitrogens with zero attached hydrogens (tertiary/aromatic N) is 1. The Bertz CT molecular complexity index is 492. The van der Waals surface area contributed by atoms with Crippen molar-refractivity contribution in [3.8, 4) is 0 Å². The Morgan fingerprint density at radius 2 is 2.00 bits per heavy atom. The number of hydrogen-bond acceptors (Lipinski definition) is 3. The third-order valence-electron chi connectivity index (χ3n) is 2.48. The van der Waals surface area contributed by atoms with Crippen molar-refractivity contribution in [3.05, 3.63) is 32.7 Å². The van der Waals surface area contributed by atoms with Crippen LogP contribution in [0.25, 0.3) is 10.9 Å². The lowest BCUT2D eigenvalue weighted by Gasteiger charge is -2.10. The molecule has 2 rings (SSSR count). The van der Waals surface area contributed by atoms with E-state index in [1.807, 2.05) is 12.1 Å². The van der Waals surface area contributed by atoms with Crippen LogP contribution < -0.4 is 11.3 Å². The molecular weight excluding hydrogens is 334 g/mol. The molecule has 0 bridgehead atoms. The molecule has 84 valence electrons. The Morgan fingerprint density at radius 1 is 1.31 bits per heavy atom. The SMILES string of the molecule is CCc1cc2c(Br)ccc(Br)c2nc1NN. The zero-order chi connectivity index (χ0) is 11.7. The molecule has 0 aliphatic heterocycles. The van der Waals surface area contributed by atoms with E-state index in [0.29, 0.717) is 0 Å². The molecule has 0 aliphatic rings. The summed E-state index contributed by atoms with van der Waals surface area (Å²) in [5.41, 5.74) is 4.65. The second kappa shape index (κ2) is 4.69. The maximum absolute atomic E-state index is 5.47. The van der Waals surface area contributed by atoms with Crippen molar-refractivity contribution in [2.45, 2.75) is 13.3 Å². The summed E-state index contributed by atoms with van der Waals surface area (Å²) in [6.07, 6.45) is 0.890. The van der Waals surface area contributed by atoms with Crippen LogP contribution in [0.2, 0.25) is 0 Å². The molecular formula is C11H11Br2N3. The number of hydrogen-bond donors (Lipinski definition) is 2. The summed E-state index contributed by atoms with van der Waals surface area (Å²) in [5, 5.41) is 1.09. The molecule has 0 amide bonds. The van der Waals surface area contributed by atoms with Crippen LogP contribution in [0.1, 0.15) is 12.5 Å². The molecule has 0 unspecified atom stereocenters. The normalized spacial score (nSPS) is 10.8. The highest BCUT2D eigenvalue weighted by molar-refractivity contribution is 9.11. The third-order valence-corrected chi connectivity index (χ3v) is 3.81. The van der Waals surface area contributed by atoms with Gasteiger partial charge in [0.05, 0.1) is 5.52 Å². The lowest BCUT2D eigenvalue weighted by molar-refractivity contribution is 1.10. The summed E-state index contributed by atoms with van der Waals surface area (Å²) in [5.74, 6) is 6.20. The van der Waals surface area contributed by atoms with Gasteiger partial charge in [-0.2, -0.15) is 0 Å². The number of halogens is 2. The second-order valence-electron chi connectivity index (χ2n) is 3.42. The molecule has 0 fully saturated rings. The molecule has 0 radical (unpaired) electrons. The topological polar surface area (TPSA) is 50.9 Å². The number of hydrazine groups is 1. The molecule has 3 nitrogen and oxygen atoms in total. The zero-order valence-electron chi connectivity index (χ0n) is 8.72. The molecule has 0 aliphatic carbocycles. The predicted octanol–water partition coefficient (Wildman–Crippen LogP) is 3.61. The first-order valence-electron chi connectivity index (χ1n) is 4.91. The van der Waals surface area contributed by atoms with Crippen LogP contribution in [0.15, 0.2) is 27.1 Å². The van der Waals surface area contributed by atoms with Crippen molar-refractivity contribution in [1.82, 2.24) is 4.98 Å². The highest BCUT2D eigenvalue weighted by Gasteiger charge is 2.09. The fraction of sp³-hybridized carbons (Fsp3) is 0.182. The Kier molecular flexibility index (Phi) is 3.47. The number of anilines is 1. The summed E-state index contributed by atoms with van der Waals surface area (Å²) >= 11 is 7.02. The van der Waals surface area contributed by atoms with Crippen LogP contribution in [0.4, 0.5) is 5.82 Å². The molecule has 0 atom stereocenters. The van der Waals surface area contributed by atoms with Gasteiger partial charge in [-0.05, 0) is 46.1 Å². The predicted molar refractivity (Wildman–Crippen MR) is 74.3 cm³/mol. The van der Waals surface area contributed by atoms with Crippen LogP contribution in [0.3, 0.4) is 0 Å². The molecule has 16 heavy (non-hydrogen) atoms. The van der Waals surface area contributed by atoms with Gasteiger partial charge in [0.15, 0.2) is 0 Å². The fourth-order valence-corrected chi connectivity index (χ4v) is 2.50. The Labute approximate surface area is 111 Å². The zero-order valence-corrected chi connectivity index (χ0v) is 11.9. The molecule has 1 aromatic heterocycles. The molecule has 0 spiro atoms. The van der Waals surface area contributed by atoms with Crippen molar-refractivity contribution in [2.24, 2.45) is 5.84 Å². The number of nitrogen functional groups attached to an aromatic ring is 1. The summed E-state index contributed by atoms with van der Waals surface area (Å²) in [4.78, 5) is 4.51. The van der Waals surface area contributed by atoms with E-state index in [0.717, 1.165) is 37.7 Å². The van der Waals surface area contributed by atoms with E-state index in [1.54, 1.807) is 0 Å². The van der Waals surface area contributed by atoms with Gasteiger partial charge in [-0.3, -0.25) is 0 Å². The van der Waals surface area contributed by atoms with Gasteiger partial charge >= 0.3 is 0 Å². The first kappa shape index (κ1) is 11.8. The van der Waals surface area contributed by atoms with E-state index in [4.69, 9.17) is 5.84 Å². The Morgan fingerprint density at radius 3 is 2.62 bits per heavy atom. The van der Waals surface area contributed by atoms with Crippen molar-refractivity contribution >= 4 is 48.6 Å². The highest BCUT2D eigenvalue weighted by Crippen LogP contribution is 2.31. The number of aromatic nitrogens is 1. The third kappa shape index (κ3) is 1.95. The summed E-state index contributed by atoms with van der Waals surface area (Å²) in [6.45, 7) is 2.08. The van der Waals surface area contributed by atoms with Crippen LogP contribution in [-0.2, 0) is 6.42 Å². The van der Waals surface area contributed by atoms with E-state index in [2.05, 4.69) is 55.3 Å². The molecule has 1 heterocycles. The quantitative estimate of drug-likeness (QED) is 0.646. The van der Waals surface area contributed by atoms with Crippen molar-refractivity contribution in [3.63, 3.8) is 0 Å². The summed E-state index contributed by atoms with van der Waals surface area (Å²) in [7, 11) is 0. The largest absolute Gasteiger partial charge is 0.308 e. The maximum atomic E-state index is 5.47. The average molecular weight is 345 g/mol. The first-order valence-corrected chi connectivity index (χ1v) is 6.50. The van der Waals surface area contributed by atoms with E-state index in [-0.39, 0.29) is 0 Å². The van der Waals surface area contributed by atoms with E-state index < -0.39 is 0 Å². The molecule has 0 saturated carbocycles. The lowest BCUT2D eigenvalue weighted by atomic mass is 10.1. The van der Waals surface area contributed by atoms with Gasteiger partial charge in [-0.15, -0.1) is 0 Å². The molecule has 1 aromatic carbocycles. The van der Waals surface area contributed by atoms with Crippen LogP contribution in [-0.4, -0.2) is 4.98 Å². The smallest absolute Gasteiger partial charge is 0.143 e. The number of fused-ring (bicyclic) bond motifs is 1. The minimum atomic E-state index is 0.730. The fourth-order valence-electron chi connectivity index (χ4n) is 1.63. The molecule has 2 aromatic rings. The average Bonchev–Trinajstić information content (AvgIpc) is 2.32. The number of nitrogens with two attached hydrogens (primary N) is 1. The van der Waals surface area contributed by atoms with Gasteiger partial charge in [-0.1, -0.05) is 22.9 Å². The van der Waals surface area contributed by atoms with E-state index in [1.165, 1.54) is 0 Å². The molecule has 5 heteroatoms. The van der Waals surface area contributed by atoms with Crippen molar-refractivity contribution in [1.29, 1.82) is 0 Å².